The Balaban J connectivity index is 1.84. The van der Waals surface area contributed by atoms with Crippen LogP contribution in [0.4, 0.5) is 0 Å². The fraction of sp³-hybridized carbons (Fsp3) is 0.500. The van der Waals surface area contributed by atoms with Gasteiger partial charge in [-0.15, -0.1) is 0 Å². The minimum atomic E-state index is -0.166. The minimum Gasteiger partial charge on any atom is -0.452 e. The van der Waals surface area contributed by atoms with E-state index in [2.05, 4.69) is 10.6 Å². The number of amides is 1. The van der Waals surface area contributed by atoms with Crippen molar-refractivity contribution >= 4 is 17.5 Å². The molecule has 0 radical (unpaired) electrons. The zero-order chi connectivity index (χ0) is 10.7. The Morgan fingerprint density at radius 1 is 1.73 bits per heavy atom. The molecule has 2 heterocycles. The largest absolute Gasteiger partial charge is 0.452 e. The molecule has 5 heteroatoms. The lowest BCUT2D eigenvalue weighted by atomic mass is 10.1. The number of furan rings is 1. The summed E-state index contributed by atoms with van der Waals surface area (Å²) in [7, 11) is 0. The predicted octanol–water partition coefficient (Wildman–Crippen LogP) is 1.27. The van der Waals surface area contributed by atoms with Gasteiger partial charge in [0.05, 0.1) is 11.8 Å². The van der Waals surface area contributed by atoms with Crippen LogP contribution in [0, 0.1) is 5.92 Å². The van der Waals surface area contributed by atoms with Crippen LogP contribution in [0.15, 0.2) is 16.7 Å². The van der Waals surface area contributed by atoms with Crippen LogP contribution >= 0.6 is 11.6 Å². The van der Waals surface area contributed by atoms with E-state index < -0.39 is 0 Å². The third-order valence-electron chi connectivity index (χ3n) is 2.58. The molecule has 82 valence electrons. The summed E-state index contributed by atoms with van der Waals surface area (Å²) in [5.41, 5.74) is 0.405. The van der Waals surface area contributed by atoms with Crippen LogP contribution < -0.4 is 10.6 Å². The fourth-order valence-corrected chi connectivity index (χ4v) is 1.88. The van der Waals surface area contributed by atoms with Gasteiger partial charge in [-0.1, -0.05) is 0 Å². The van der Waals surface area contributed by atoms with Crippen molar-refractivity contribution in [3.8, 4) is 0 Å². The predicted molar refractivity (Wildman–Crippen MR) is 57.0 cm³/mol. The molecule has 0 saturated carbocycles. The molecule has 1 atom stereocenters. The first-order chi connectivity index (χ1) is 7.27. The van der Waals surface area contributed by atoms with Gasteiger partial charge in [-0.3, -0.25) is 4.79 Å². The maximum absolute atomic E-state index is 11.6. The van der Waals surface area contributed by atoms with Gasteiger partial charge in [0.25, 0.3) is 5.91 Å². The first kappa shape index (κ1) is 10.5. The van der Waals surface area contributed by atoms with Crippen LogP contribution in [0.1, 0.15) is 16.8 Å². The molecule has 0 spiro atoms. The lowest BCUT2D eigenvalue weighted by molar-refractivity contribution is 0.0948. The lowest BCUT2D eigenvalue weighted by Gasteiger charge is -2.08. The van der Waals surface area contributed by atoms with Crippen LogP contribution in [0.3, 0.4) is 0 Å². The van der Waals surface area contributed by atoms with Crippen molar-refractivity contribution < 1.29 is 9.21 Å². The topological polar surface area (TPSA) is 54.3 Å². The average Bonchev–Trinajstić information content (AvgIpc) is 2.84. The summed E-state index contributed by atoms with van der Waals surface area (Å²) < 4.78 is 4.85. The van der Waals surface area contributed by atoms with Crippen molar-refractivity contribution in [2.75, 3.05) is 19.6 Å². The average molecular weight is 229 g/mol. The molecular weight excluding hydrogens is 216 g/mol. The zero-order valence-electron chi connectivity index (χ0n) is 8.25. The van der Waals surface area contributed by atoms with E-state index in [-0.39, 0.29) is 11.1 Å². The SMILES string of the molecule is O=C(NCC1CCNC1)c1ccoc1Cl. The summed E-state index contributed by atoms with van der Waals surface area (Å²) in [5, 5.41) is 6.24. The standard InChI is InChI=1S/C10H13ClN2O2/c11-9-8(2-4-15-9)10(14)13-6-7-1-3-12-5-7/h2,4,7,12H,1,3,5-6H2,(H,13,14). The number of carbonyl (C=O) groups excluding carboxylic acids is 1. The highest BCUT2D eigenvalue weighted by Gasteiger charge is 2.17. The molecule has 0 bridgehead atoms. The van der Waals surface area contributed by atoms with E-state index >= 15 is 0 Å². The Labute approximate surface area is 93.0 Å². The summed E-state index contributed by atoms with van der Waals surface area (Å²) >= 11 is 5.69. The van der Waals surface area contributed by atoms with Crippen LogP contribution in [0.2, 0.25) is 5.22 Å². The highest BCUT2D eigenvalue weighted by atomic mass is 35.5. The molecule has 1 unspecified atom stereocenters. The van der Waals surface area contributed by atoms with Crippen LogP contribution in [-0.4, -0.2) is 25.5 Å². The smallest absolute Gasteiger partial charge is 0.256 e. The fourth-order valence-electron chi connectivity index (χ4n) is 1.68. The molecule has 1 aliphatic rings. The van der Waals surface area contributed by atoms with E-state index in [9.17, 15) is 4.79 Å². The lowest BCUT2D eigenvalue weighted by Crippen LogP contribution is -2.30. The molecule has 0 aromatic carbocycles. The highest BCUT2D eigenvalue weighted by Crippen LogP contribution is 2.16. The Bertz CT molecular complexity index is 345. The molecule has 1 aromatic heterocycles. The minimum absolute atomic E-state index is 0.150. The third-order valence-corrected chi connectivity index (χ3v) is 2.87. The van der Waals surface area contributed by atoms with E-state index in [1.54, 1.807) is 6.07 Å². The van der Waals surface area contributed by atoms with Crippen LogP contribution in [0.25, 0.3) is 0 Å². The summed E-state index contributed by atoms with van der Waals surface area (Å²) in [6, 6.07) is 1.57. The first-order valence-corrected chi connectivity index (χ1v) is 5.37. The number of halogens is 1. The van der Waals surface area contributed by atoms with Crippen molar-refractivity contribution in [1.82, 2.24) is 10.6 Å². The van der Waals surface area contributed by atoms with Crippen molar-refractivity contribution in [3.63, 3.8) is 0 Å². The van der Waals surface area contributed by atoms with Gasteiger partial charge in [-0.25, -0.2) is 0 Å². The van der Waals surface area contributed by atoms with E-state index in [4.69, 9.17) is 16.0 Å². The summed E-state index contributed by atoms with van der Waals surface area (Å²) in [6.45, 7) is 2.69. The van der Waals surface area contributed by atoms with Crippen molar-refractivity contribution in [2.45, 2.75) is 6.42 Å². The second-order valence-electron chi connectivity index (χ2n) is 3.68. The Morgan fingerprint density at radius 3 is 3.20 bits per heavy atom. The molecule has 1 aromatic rings. The number of hydrogen-bond acceptors (Lipinski definition) is 3. The molecule has 15 heavy (non-hydrogen) atoms. The van der Waals surface area contributed by atoms with Gasteiger partial charge in [-0.2, -0.15) is 0 Å². The molecule has 1 amide bonds. The summed E-state index contributed by atoms with van der Waals surface area (Å²) in [4.78, 5) is 11.6. The van der Waals surface area contributed by atoms with E-state index in [1.807, 2.05) is 0 Å². The number of hydrogen-bond donors (Lipinski definition) is 2. The Hall–Kier alpha value is -1.00. The van der Waals surface area contributed by atoms with Gasteiger partial charge in [0.1, 0.15) is 0 Å². The summed E-state index contributed by atoms with van der Waals surface area (Å²) in [6.07, 6.45) is 2.52. The molecule has 1 saturated heterocycles. The molecule has 1 aliphatic heterocycles. The number of rotatable bonds is 3. The van der Waals surface area contributed by atoms with Crippen LogP contribution in [0.5, 0.6) is 0 Å². The van der Waals surface area contributed by atoms with E-state index in [0.29, 0.717) is 18.0 Å². The number of nitrogens with one attached hydrogen (secondary N) is 2. The van der Waals surface area contributed by atoms with Crippen molar-refractivity contribution in [1.29, 1.82) is 0 Å². The number of carbonyl (C=O) groups is 1. The molecule has 0 aliphatic carbocycles. The maximum atomic E-state index is 11.6. The molecular formula is C10H13ClN2O2. The quantitative estimate of drug-likeness (QED) is 0.819. The first-order valence-electron chi connectivity index (χ1n) is 4.99. The second kappa shape index (κ2) is 4.68. The third kappa shape index (κ3) is 2.52. The molecule has 2 N–H and O–H groups in total. The van der Waals surface area contributed by atoms with Gasteiger partial charge in [0.15, 0.2) is 0 Å². The van der Waals surface area contributed by atoms with Gasteiger partial charge >= 0.3 is 0 Å². The Morgan fingerprint density at radius 2 is 2.60 bits per heavy atom. The van der Waals surface area contributed by atoms with Gasteiger partial charge < -0.3 is 15.1 Å². The second-order valence-corrected chi connectivity index (χ2v) is 4.02. The van der Waals surface area contributed by atoms with E-state index in [1.165, 1.54) is 6.26 Å². The van der Waals surface area contributed by atoms with Crippen LogP contribution in [-0.2, 0) is 0 Å². The van der Waals surface area contributed by atoms with E-state index in [0.717, 1.165) is 19.5 Å². The summed E-state index contributed by atoms with van der Waals surface area (Å²) in [5.74, 6) is 0.361. The monoisotopic (exact) mass is 228 g/mol. The van der Waals surface area contributed by atoms with Crippen molar-refractivity contribution in [2.24, 2.45) is 5.92 Å². The molecule has 2 rings (SSSR count). The molecule has 1 fully saturated rings. The van der Waals surface area contributed by atoms with Gasteiger partial charge in [0, 0.05) is 6.54 Å². The van der Waals surface area contributed by atoms with Crippen molar-refractivity contribution in [3.05, 3.63) is 23.1 Å². The Kier molecular flexibility index (Phi) is 3.28. The maximum Gasteiger partial charge on any atom is 0.256 e. The highest BCUT2D eigenvalue weighted by molar-refractivity contribution is 6.32. The van der Waals surface area contributed by atoms with Gasteiger partial charge in [0.2, 0.25) is 5.22 Å². The van der Waals surface area contributed by atoms with Gasteiger partial charge in [-0.05, 0) is 43.1 Å². The zero-order valence-corrected chi connectivity index (χ0v) is 9.01. The normalized spacial score (nSPS) is 20.5. The molecule has 4 nitrogen and oxygen atoms in total.